The third kappa shape index (κ3) is 3.95. The number of halogens is 1. The van der Waals surface area contributed by atoms with Crippen LogP contribution in [-0.4, -0.2) is 42.6 Å². The standard InChI is InChI=1S/C15H22BrNO3/c1-11(19)12-2-3-15(14(16)10-12)17-6-4-13(5-7-17)20-9-8-18/h2-3,10-11,13,18-19H,4-9H2,1H3. The van der Waals surface area contributed by atoms with Crippen LogP contribution in [0.25, 0.3) is 0 Å². The molecular weight excluding hydrogens is 322 g/mol. The lowest BCUT2D eigenvalue weighted by molar-refractivity contribution is 0.0159. The van der Waals surface area contributed by atoms with E-state index in [1.807, 2.05) is 12.1 Å². The molecule has 1 fully saturated rings. The quantitative estimate of drug-likeness (QED) is 0.862. The summed E-state index contributed by atoms with van der Waals surface area (Å²) in [5.41, 5.74) is 2.08. The third-order valence-corrected chi connectivity index (χ3v) is 4.32. The minimum absolute atomic E-state index is 0.0898. The minimum Gasteiger partial charge on any atom is -0.394 e. The first-order chi connectivity index (χ1) is 9.61. The molecule has 2 N–H and O–H groups in total. The van der Waals surface area contributed by atoms with E-state index in [1.165, 1.54) is 0 Å². The molecule has 1 aromatic carbocycles. The van der Waals surface area contributed by atoms with Crippen LogP contribution >= 0.6 is 15.9 Å². The van der Waals surface area contributed by atoms with E-state index in [9.17, 15) is 5.11 Å². The summed E-state index contributed by atoms with van der Waals surface area (Å²) in [6, 6.07) is 6.01. The Kier molecular flexibility index (Phi) is 5.84. The van der Waals surface area contributed by atoms with Crippen LogP contribution in [0.5, 0.6) is 0 Å². The Balaban J connectivity index is 1.96. The monoisotopic (exact) mass is 343 g/mol. The highest BCUT2D eigenvalue weighted by Crippen LogP contribution is 2.31. The lowest BCUT2D eigenvalue weighted by atomic mass is 10.1. The molecule has 1 heterocycles. The Bertz CT molecular complexity index is 431. The second-order valence-corrected chi connectivity index (χ2v) is 6.02. The number of anilines is 1. The predicted molar refractivity (Wildman–Crippen MR) is 83.0 cm³/mol. The van der Waals surface area contributed by atoms with Gasteiger partial charge in [-0.25, -0.2) is 0 Å². The van der Waals surface area contributed by atoms with E-state index in [1.54, 1.807) is 6.92 Å². The second-order valence-electron chi connectivity index (χ2n) is 5.17. The number of rotatable bonds is 5. The SMILES string of the molecule is CC(O)c1ccc(N2CCC(OCCO)CC2)c(Br)c1. The van der Waals surface area contributed by atoms with E-state index in [-0.39, 0.29) is 12.7 Å². The molecular formula is C15H22BrNO3. The largest absolute Gasteiger partial charge is 0.394 e. The van der Waals surface area contributed by atoms with E-state index in [0.29, 0.717) is 6.61 Å². The molecule has 0 saturated carbocycles. The lowest BCUT2D eigenvalue weighted by Gasteiger charge is -2.34. The summed E-state index contributed by atoms with van der Waals surface area (Å²) in [6.07, 6.45) is 1.77. The first-order valence-corrected chi connectivity index (χ1v) is 7.86. The molecule has 4 nitrogen and oxygen atoms in total. The maximum atomic E-state index is 9.60. The minimum atomic E-state index is -0.446. The van der Waals surface area contributed by atoms with Gasteiger partial charge in [0.15, 0.2) is 0 Å². The van der Waals surface area contributed by atoms with Gasteiger partial charge in [0.25, 0.3) is 0 Å². The van der Waals surface area contributed by atoms with E-state index in [0.717, 1.165) is 41.7 Å². The van der Waals surface area contributed by atoms with E-state index in [2.05, 4.69) is 26.9 Å². The molecule has 20 heavy (non-hydrogen) atoms. The molecule has 5 heteroatoms. The molecule has 1 aromatic rings. The van der Waals surface area contributed by atoms with Crippen molar-refractivity contribution >= 4 is 21.6 Å². The van der Waals surface area contributed by atoms with Crippen molar-refractivity contribution in [3.8, 4) is 0 Å². The summed E-state index contributed by atoms with van der Waals surface area (Å²) in [5.74, 6) is 0. The van der Waals surface area contributed by atoms with Crippen molar-refractivity contribution in [1.29, 1.82) is 0 Å². The van der Waals surface area contributed by atoms with Gasteiger partial charge in [0.05, 0.1) is 31.1 Å². The molecule has 1 aliphatic rings. The van der Waals surface area contributed by atoms with Crippen molar-refractivity contribution in [3.05, 3.63) is 28.2 Å². The average Bonchev–Trinajstić information content (AvgIpc) is 2.45. The molecule has 1 unspecified atom stereocenters. The average molecular weight is 344 g/mol. The van der Waals surface area contributed by atoms with Crippen molar-refractivity contribution in [2.45, 2.75) is 32.0 Å². The van der Waals surface area contributed by atoms with Crippen molar-refractivity contribution in [2.24, 2.45) is 0 Å². The number of aliphatic hydroxyl groups is 2. The number of hydrogen-bond donors (Lipinski definition) is 2. The Morgan fingerprint density at radius 2 is 2.10 bits per heavy atom. The van der Waals surface area contributed by atoms with Gasteiger partial charge in [-0.1, -0.05) is 6.07 Å². The number of hydrogen-bond acceptors (Lipinski definition) is 4. The molecule has 1 atom stereocenters. The first-order valence-electron chi connectivity index (χ1n) is 7.06. The Morgan fingerprint density at radius 3 is 2.65 bits per heavy atom. The lowest BCUT2D eigenvalue weighted by Crippen LogP contribution is -2.37. The molecule has 0 amide bonds. The van der Waals surface area contributed by atoms with Crippen LogP contribution < -0.4 is 4.90 Å². The van der Waals surface area contributed by atoms with Crippen molar-refractivity contribution in [2.75, 3.05) is 31.2 Å². The van der Waals surface area contributed by atoms with Crippen LogP contribution in [-0.2, 0) is 4.74 Å². The number of aliphatic hydroxyl groups excluding tert-OH is 2. The molecule has 1 saturated heterocycles. The van der Waals surface area contributed by atoms with Crippen LogP contribution in [0.4, 0.5) is 5.69 Å². The first kappa shape index (κ1) is 15.8. The number of piperidine rings is 1. The Hall–Kier alpha value is -0.620. The van der Waals surface area contributed by atoms with E-state index in [4.69, 9.17) is 9.84 Å². The van der Waals surface area contributed by atoms with Crippen molar-refractivity contribution in [3.63, 3.8) is 0 Å². The smallest absolute Gasteiger partial charge is 0.0762 e. The highest BCUT2D eigenvalue weighted by Gasteiger charge is 2.21. The number of nitrogens with zero attached hydrogens (tertiary/aromatic N) is 1. The molecule has 0 radical (unpaired) electrons. The zero-order valence-corrected chi connectivity index (χ0v) is 13.3. The normalized spacial score (nSPS) is 18.3. The van der Waals surface area contributed by atoms with Crippen molar-refractivity contribution < 1.29 is 14.9 Å². The zero-order valence-electron chi connectivity index (χ0n) is 11.8. The predicted octanol–water partition coefficient (Wildman–Crippen LogP) is 2.48. The van der Waals surface area contributed by atoms with E-state index < -0.39 is 6.10 Å². The zero-order chi connectivity index (χ0) is 14.5. The molecule has 0 aliphatic carbocycles. The summed E-state index contributed by atoms with van der Waals surface area (Å²) in [6.45, 7) is 4.18. The molecule has 1 aliphatic heterocycles. The fourth-order valence-corrected chi connectivity index (χ4v) is 3.17. The van der Waals surface area contributed by atoms with E-state index >= 15 is 0 Å². The fraction of sp³-hybridized carbons (Fsp3) is 0.600. The topological polar surface area (TPSA) is 52.9 Å². The molecule has 2 rings (SSSR count). The summed E-state index contributed by atoms with van der Waals surface area (Å²) >= 11 is 3.59. The van der Waals surface area contributed by atoms with Gasteiger partial charge < -0.3 is 19.8 Å². The highest BCUT2D eigenvalue weighted by atomic mass is 79.9. The van der Waals surface area contributed by atoms with Gasteiger partial charge in [0.1, 0.15) is 0 Å². The molecule has 112 valence electrons. The van der Waals surface area contributed by atoms with Gasteiger partial charge in [-0.3, -0.25) is 0 Å². The maximum Gasteiger partial charge on any atom is 0.0762 e. The third-order valence-electron chi connectivity index (χ3n) is 3.68. The van der Waals surface area contributed by atoms with Crippen molar-refractivity contribution in [1.82, 2.24) is 0 Å². The van der Waals surface area contributed by atoms with Crippen LogP contribution in [0.15, 0.2) is 22.7 Å². The Morgan fingerprint density at radius 1 is 1.40 bits per heavy atom. The van der Waals surface area contributed by atoms with Gasteiger partial charge in [0.2, 0.25) is 0 Å². The van der Waals surface area contributed by atoms with Gasteiger partial charge >= 0.3 is 0 Å². The Labute approximate surface area is 128 Å². The molecule has 0 bridgehead atoms. The van der Waals surface area contributed by atoms with Gasteiger partial charge in [-0.15, -0.1) is 0 Å². The highest BCUT2D eigenvalue weighted by molar-refractivity contribution is 9.10. The molecule has 0 spiro atoms. The van der Waals surface area contributed by atoms with Gasteiger partial charge in [0, 0.05) is 17.6 Å². The number of benzene rings is 1. The van der Waals surface area contributed by atoms with Crippen LogP contribution in [0, 0.1) is 0 Å². The van der Waals surface area contributed by atoms with Crippen LogP contribution in [0.3, 0.4) is 0 Å². The van der Waals surface area contributed by atoms with Crippen LogP contribution in [0.1, 0.15) is 31.4 Å². The van der Waals surface area contributed by atoms with Gasteiger partial charge in [-0.2, -0.15) is 0 Å². The fourth-order valence-electron chi connectivity index (χ4n) is 2.52. The van der Waals surface area contributed by atoms with Gasteiger partial charge in [-0.05, 0) is 53.4 Å². The number of ether oxygens (including phenoxy) is 1. The summed E-state index contributed by atoms with van der Waals surface area (Å²) in [7, 11) is 0. The summed E-state index contributed by atoms with van der Waals surface area (Å²) in [5, 5.41) is 18.4. The maximum absolute atomic E-state index is 9.60. The summed E-state index contributed by atoms with van der Waals surface area (Å²) in [4.78, 5) is 2.33. The summed E-state index contributed by atoms with van der Waals surface area (Å²) < 4.78 is 6.59. The molecule has 0 aromatic heterocycles. The van der Waals surface area contributed by atoms with Crippen LogP contribution in [0.2, 0.25) is 0 Å². The second kappa shape index (κ2) is 7.41.